The van der Waals surface area contributed by atoms with Crippen molar-refractivity contribution in [2.24, 2.45) is 0 Å². The number of phenols is 1. The third-order valence-corrected chi connectivity index (χ3v) is 5.38. The fourth-order valence-electron chi connectivity index (χ4n) is 3.28. The lowest BCUT2D eigenvalue weighted by Gasteiger charge is -2.25. The van der Waals surface area contributed by atoms with E-state index in [-0.39, 0.29) is 11.9 Å². The molecule has 3 N–H and O–H groups in total. The third kappa shape index (κ3) is 3.98. The number of aromatic nitrogens is 2. The molecule has 1 aromatic heterocycles. The predicted molar refractivity (Wildman–Crippen MR) is 112 cm³/mol. The molecule has 0 saturated carbocycles. The summed E-state index contributed by atoms with van der Waals surface area (Å²) in [6.07, 6.45) is 3.37. The number of benzene rings is 2. The van der Waals surface area contributed by atoms with Crippen LogP contribution in [0.15, 0.2) is 41.1 Å². The van der Waals surface area contributed by atoms with Gasteiger partial charge in [-0.15, -0.1) is 0 Å². The molecule has 2 heterocycles. The van der Waals surface area contributed by atoms with Crippen LogP contribution in [0.3, 0.4) is 0 Å². The predicted octanol–water partition coefficient (Wildman–Crippen LogP) is 3.98. The van der Waals surface area contributed by atoms with Gasteiger partial charge in [0.05, 0.1) is 23.7 Å². The molecule has 146 valence electrons. The molecule has 7 nitrogen and oxygen atoms in total. The van der Waals surface area contributed by atoms with Crippen LogP contribution < -0.4 is 20.1 Å². The molecular formula is C20H21BrN4O3. The second-order valence-corrected chi connectivity index (χ2v) is 7.45. The average molecular weight is 445 g/mol. The summed E-state index contributed by atoms with van der Waals surface area (Å²) in [6.45, 7) is 1.83. The lowest BCUT2D eigenvalue weighted by atomic mass is 10.1. The van der Waals surface area contributed by atoms with Crippen LogP contribution in [0.2, 0.25) is 0 Å². The van der Waals surface area contributed by atoms with Crippen LogP contribution in [0.5, 0.6) is 17.2 Å². The van der Waals surface area contributed by atoms with Crippen LogP contribution in [0.25, 0.3) is 10.9 Å². The number of piperidine rings is 1. The Kier molecular flexibility index (Phi) is 5.50. The van der Waals surface area contributed by atoms with E-state index in [0.717, 1.165) is 47.2 Å². The largest absolute Gasteiger partial charge is 0.508 e. The number of rotatable bonds is 5. The van der Waals surface area contributed by atoms with Crippen molar-refractivity contribution < 1.29 is 14.6 Å². The number of ether oxygens (including phenoxy) is 2. The topological polar surface area (TPSA) is 88.5 Å². The van der Waals surface area contributed by atoms with Crippen LogP contribution in [0.1, 0.15) is 12.8 Å². The van der Waals surface area contributed by atoms with Crippen molar-refractivity contribution in [1.82, 2.24) is 15.3 Å². The number of phenolic OH excluding ortho intramolecular Hbond substituents is 1. The maximum atomic E-state index is 10.1. The van der Waals surface area contributed by atoms with Crippen molar-refractivity contribution in [1.29, 1.82) is 0 Å². The monoisotopic (exact) mass is 444 g/mol. The lowest BCUT2D eigenvalue weighted by Crippen LogP contribution is -2.34. The minimum atomic E-state index is 0.0860. The number of nitrogens with one attached hydrogen (secondary N) is 2. The summed E-state index contributed by atoms with van der Waals surface area (Å²) in [5, 5.41) is 17.5. The minimum absolute atomic E-state index is 0.0860. The van der Waals surface area contributed by atoms with Crippen LogP contribution in [-0.2, 0) is 0 Å². The first-order valence-electron chi connectivity index (χ1n) is 9.09. The van der Waals surface area contributed by atoms with Crippen LogP contribution in [0.4, 0.5) is 11.5 Å². The van der Waals surface area contributed by atoms with Gasteiger partial charge in [0.2, 0.25) is 0 Å². The number of nitrogens with zero attached hydrogens (tertiary/aromatic N) is 2. The van der Waals surface area contributed by atoms with Gasteiger partial charge in [-0.25, -0.2) is 9.97 Å². The van der Waals surface area contributed by atoms with Crippen molar-refractivity contribution in [3.8, 4) is 17.2 Å². The molecule has 0 bridgehead atoms. The van der Waals surface area contributed by atoms with E-state index in [1.165, 1.54) is 6.33 Å². The van der Waals surface area contributed by atoms with E-state index in [2.05, 4.69) is 36.5 Å². The summed E-state index contributed by atoms with van der Waals surface area (Å²) in [4.78, 5) is 8.74. The van der Waals surface area contributed by atoms with Crippen LogP contribution in [0, 0.1) is 0 Å². The Labute approximate surface area is 171 Å². The first-order chi connectivity index (χ1) is 13.6. The zero-order valence-electron chi connectivity index (χ0n) is 15.4. The molecule has 1 aliphatic rings. The van der Waals surface area contributed by atoms with Gasteiger partial charge < -0.3 is 25.2 Å². The molecule has 1 aliphatic heterocycles. The van der Waals surface area contributed by atoms with E-state index in [1.807, 2.05) is 18.2 Å². The molecule has 0 radical (unpaired) electrons. The van der Waals surface area contributed by atoms with E-state index >= 15 is 0 Å². The van der Waals surface area contributed by atoms with Crippen LogP contribution >= 0.6 is 15.9 Å². The van der Waals surface area contributed by atoms with E-state index in [1.54, 1.807) is 19.2 Å². The number of hydrogen-bond donors (Lipinski definition) is 3. The molecule has 1 fully saturated rings. The molecule has 3 aromatic rings. The van der Waals surface area contributed by atoms with Gasteiger partial charge in [0.1, 0.15) is 35.5 Å². The molecule has 0 atom stereocenters. The fraction of sp³-hybridized carbons (Fsp3) is 0.300. The van der Waals surface area contributed by atoms with Crippen molar-refractivity contribution in [2.75, 3.05) is 25.5 Å². The Morgan fingerprint density at radius 1 is 1.18 bits per heavy atom. The molecule has 0 amide bonds. The van der Waals surface area contributed by atoms with E-state index in [4.69, 9.17) is 9.47 Å². The smallest absolute Gasteiger partial charge is 0.145 e. The van der Waals surface area contributed by atoms with E-state index < -0.39 is 0 Å². The number of fused-ring (bicyclic) bond motifs is 1. The molecule has 0 unspecified atom stereocenters. The Balaban J connectivity index is 1.76. The standard InChI is InChI=1S/C20H21BrN4O3/c1-27-14-2-3-15(21)16(10-14)25-20-19-17(23-11-24-20)8-12(26)9-18(19)28-13-4-6-22-7-5-13/h2-3,8-11,13,22,26H,4-7H2,1H3,(H,23,24,25). The summed E-state index contributed by atoms with van der Waals surface area (Å²) < 4.78 is 12.4. The Bertz CT molecular complexity index is 993. The average Bonchev–Trinajstić information content (AvgIpc) is 2.70. The SMILES string of the molecule is COc1ccc(Br)c(Nc2ncnc3cc(O)cc(OC4CCNCC4)c23)c1. The molecule has 4 rings (SSSR count). The minimum Gasteiger partial charge on any atom is -0.508 e. The normalized spacial score (nSPS) is 14.8. The highest BCUT2D eigenvalue weighted by atomic mass is 79.9. The quantitative estimate of drug-likeness (QED) is 0.548. The number of anilines is 2. The zero-order chi connectivity index (χ0) is 19.5. The Morgan fingerprint density at radius 2 is 2.00 bits per heavy atom. The highest BCUT2D eigenvalue weighted by molar-refractivity contribution is 9.10. The van der Waals surface area contributed by atoms with E-state index in [0.29, 0.717) is 17.1 Å². The summed E-state index contributed by atoms with van der Waals surface area (Å²) >= 11 is 3.55. The first-order valence-corrected chi connectivity index (χ1v) is 9.89. The van der Waals surface area contributed by atoms with Gasteiger partial charge in [0.25, 0.3) is 0 Å². The summed E-state index contributed by atoms with van der Waals surface area (Å²) in [7, 11) is 1.63. The molecular weight excluding hydrogens is 424 g/mol. The van der Waals surface area contributed by atoms with Gasteiger partial charge in [0, 0.05) is 22.7 Å². The fourth-order valence-corrected chi connectivity index (χ4v) is 3.62. The summed E-state index contributed by atoms with van der Waals surface area (Å²) in [5.41, 5.74) is 1.42. The van der Waals surface area contributed by atoms with Crippen molar-refractivity contribution >= 4 is 38.3 Å². The van der Waals surface area contributed by atoms with Gasteiger partial charge in [0.15, 0.2) is 0 Å². The van der Waals surface area contributed by atoms with Gasteiger partial charge >= 0.3 is 0 Å². The highest BCUT2D eigenvalue weighted by Gasteiger charge is 2.19. The summed E-state index contributed by atoms with van der Waals surface area (Å²) in [5.74, 6) is 2.02. The molecule has 8 heteroatoms. The number of aromatic hydroxyl groups is 1. The maximum Gasteiger partial charge on any atom is 0.145 e. The molecule has 0 aliphatic carbocycles. The molecule has 2 aromatic carbocycles. The van der Waals surface area contributed by atoms with Crippen molar-refractivity contribution in [3.63, 3.8) is 0 Å². The molecule has 1 saturated heterocycles. The second kappa shape index (κ2) is 8.20. The number of halogens is 1. The molecule has 0 spiro atoms. The van der Waals surface area contributed by atoms with Crippen molar-refractivity contribution in [3.05, 3.63) is 41.1 Å². The zero-order valence-corrected chi connectivity index (χ0v) is 17.0. The lowest BCUT2D eigenvalue weighted by molar-refractivity contribution is 0.164. The third-order valence-electron chi connectivity index (χ3n) is 4.69. The summed E-state index contributed by atoms with van der Waals surface area (Å²) in [6, 6.07) is 8.89. The van der Waals surface area contributed by atoms with Crippen molar-refractivity contribution in [2.45, 2.75) is 18.9 Å². The first kappa shape index (κ1) is 18.8. The van der Waals surface area contributed by atoms with Gasteiger partial charge in [-0.2, -0.15) is 0 Å². The Hall–Kier alpha value is -2.58. The Morgan fingerprint density at radius 3 is 2.79 bits per heavy atom. The van der Waals surface area contributed by atoms with Gasteiger partial charge in [-0.1, -0.05) is 0 Å². The number of methoxy groups -OCH3 is 1. The second-order valence-electron chi connectivity index (χ2n) is 6.60. The molecule has 28 heavy (non-hydrogen) atoms. The number of hydrogen-bond acceptors (Lipinski definition) is 7. The van der Waals surface area contributed by atoms with Crippen LogP contribution in [-0.4, -0.2) is 41.4 Å². The van der Waals surface area contributed by atoms with Gasteiger partial charge in [-0.05, 0) is 54.0 Å². The maximum absolute atomic E-state index is 10.1. The highest BCUT2D eigenvalue weighted by Crippen LogP contribution is 2.37. The van der Waals surface area contributed by atoms with E-state index in [9.17, 15) is 5.11 Å². The van der Waals surface area contributed by atoms with Gasteiger partial charge in [-0.3, -0.25) is 0 Å².